The van der Waals surface area contributed by atoms with Gasteiger partial charge in [0.2, 0.25) is 0 Å². The molecule has 2 unspecified atom stereocenters. The van der Waals surface area contributed by atoms with Gasteiger partial charge in [-0.05, 0) is 88.4 Å². The van der Waals surface area contributed by atoms with Gasteiger partial charge in [-0.15, -0.1) is 24.8 Å². The van der Waals surface area contributed by atoms with Gasteiger partial charge in [0.25, 0.3) is 0 Å². The molecule has 0 bridgehead atoms. The average Bonchev–Trinajstić information content (AvgIpc) is 3.06. The normalized spacial score (nSPS) is 42.8. The van der Waals surface area contributed by atoms with E-state index in [-0.39, 0.29) is 37.0 Å². The molecule has 0 radical (unpaired) electrons. The fraction of sp³-hybridized carbons (Fsp3) is 1.00. The highest BCUT2D eigenvalue weighted by Gasteiger charge is 2.33. The second-order valence-electron chi connectivity index (χ2n) is 7.29. The van der Waals surface area contributed by atoms with Crippen LogP contribution in [0, 0.1) is 23.7 Å². The maximum absolute atomic E-state index is 9.33. The topological polar surface area (TPSA) is 64.5 Å². The molecule has 0 spiro atoms. The average molecular weight is 355 g/mol. The van der Waals surface area contributed by atoms with Crippen molar-refractivity contribution >= 4 is 24.8 Å². The van der Waals surface area contributed by atoms with Crippen LogP contribution in [0.3, 0.4) is 0 Å². The summed E-state index contributed by atoms with van der Waals surface area (Å²) in [7, 11) is 0. The summed E-state index contributed by atoms with van der Waals surface area (Å²) >= 11 is 0. The van der Waals surface area contributed by atoms with Crippen LogP contribution >= 0.6 is 24.8 Å². The molecular weight excluding hydrogens is 323 g/mol. The van der Waals surface area contributed by atoms with Crippen LogP contribution < -0.4 is 10.6 Å². The predicted molar refractivity (Wildman–Crippen MR) is 93.9 cm³/mol. The number of nitrogens with one attached hydrogen (secondary N) is 2. The minimum absolute atomic E-state index is 0. The van der Waals surface area contributed by atoms with Gasteiger partial charge in [0.05, 0.1) is 12.2 Å². The molecule has 0 aromatic heterocycles. The van der Waals surface area contributed by atoms with Gasteiger partial charge in [0, 0.05) is 0 Å². The molecule has 4 fully saturated rings. The van der Waals surface area contributed by atoms with E-state index in [9.17, 15) is 10.2 Å². The lowest BCUT2D eigenvalue weighted by molar-refractivity contribution is 0.0865. The zero-order valence-electron chi connectivity index (χ0n) is 13.2. The molecule has 2 aliphatic carbocycles. The second kappa shape index (κ2) is 9.65. The van der Waals surface area contributed by atoms with Crippen LogP contribution in [0.1, 0.15) is 38.5 Å². The monoisotopic (exact) mass is 354 g/mol. The number of halogens is 2. The maximum Gasteiger partial charge on any atom is 0.0543 e. The molecule has 2 saturated heterocycles. The van der Waals surface area contributed by atoms with Gasteiger partial charge in [0.1, 0.15) is 0 Å². The van der Waals surface area contributed by atoms with Crippen molar-refractivity contribution in [3.63, 3.8) is 0 Å². The molecule has 0 aromatic carbocycles. The first kappa shape index (κ1) is 20.5. The van der Waals surface area contributed by atoms with Crippen molar-refractivity contribution in [2.45, 2.75) is 50.7 Å². The number of fused-ring (bicyclic) bond motifs is 2. The fourth-order valence-corrected chi connectivity index (χ4v) is 4.55. The van der Waals surface area contributed by atoms with E-state index >= 15 is 0 Å². The van der Waals surface area contributed by atoms with E-state index in [1.807, 2.05) is 0 Å². The lowest BCUT2D eigenvalue weighted by atomic mass is 9.80. The lowest BCUT2D eigenvalue weighted by Gasteiger charge is -2.27. The lowest BCUT2D eigenvalue weighted by Crippen LogP contribution is -2.26. The van der Waals surface area contributed by atoms with Crippen molar-refractivity contribution in [3.8, 4) is 0 Å². The van der Waals surface area contributed by atoms with Crippen molar-refractivity contribution in [3.05, 3.63) is 0 Å². The number of aliphatic hydroxyl groups excluding tert-OH is 2. The van der Waals surface area contributed by atoms with Crippen LogP contribution in [0.25, 0.3) is 0 Å². The molecule has 6 heteroatoms. The van der Waals surface area contributed by atoms with Gasteiger partial charge < -0.3 is 20.8 Å². The van der Waals surface area contributed by atoms with Crippen molar-refractivity contribution < 1.29 is 10.2 Å². The largest absolute Gasteiger partial charge is 0.393 e. The van der Waals surface area contributed by atoms with Crippen LogP contribution in [-0.2, 0) is 0 Å². The van der Waals surface area contributed by atoms with E-state index in [1.54, 1.807) is 0 Å². The first-order valence-corrected chi connectivity index (χ1v) is 8.50. The zero-order chi connectivity index (χ0) is 13.9. The third kappa shape index (κ3) is 5.22. The number of aliphatic hydroxyl groups is 2. The van der Waals surface area contributed by atoms with Crippen LogP contribution in [0.5, 0.6) is 0 Å². The Morgan fingerprint density at radius 3 is 1.32 bits per heavy atom. The highest BCUT2D eigenvalue weighted by atomic mass is 35.5. The smallest absolute Gasteiger partial charge is 0.0543 e. The third-order valence-corrected chi connectivity index (χ3v) is 5.85. The summed E-state index contributed by atoms with van der Waals surface area (Å²) in [5, 5.41) is 25.4. The third-order valence-electron chi connectivity index (χ3n) is 5.85. The van der Waals surface area contributed by atoms with Gasteiger partial charge in [-0.2, -0.15) is 0 Å². The summed E-state index contributed by atoms with van der Waals surface area (Å²) in [5.41, 5.74) is 0. The standard InChI is InChI=1S/2C8H15NO.2ClH/c2*10-8-2-1-6-4-9-5-7(6)3-8;;/h2*6-10H,1-5H2;2*1H/t2*6-,7+,8?;;/m10../s1. The van der Waals surface area contributed by atoms with Crippen molar-refractivity contribution in [2.75, 3.05) is 26.2 Å². The molecular formula is C16H32Cl2N2O2. The molecule has 4 rings (SSSR count). The molecule has 4 aliphatic rings. The Balaban J connectivity index is 0.000000202. The Labute approximate surface area is 146 Å². The quantitative estimate of drug-likeness (QED) is 0.533. The van der Waals surface area contributed by atoms with Gasteiger partial charge in [0.15, 0.2) is 0 Å². The molecule has 2 aliphatic heterocycles. The Hall–Kier alpha value is 0.420. The molecule has 4 nitrogen and oxygen atoms in total. The fourth-order valence-electron chi connectivity index (χ4n) is 4.55. The van der Waals surface area contributed by atoms with Gasteiger partial charge in [-0.3, -0.25) is 0 Å². The van der Waals surface area contributed by atoms with E-state index < -0.39 is 0 Å². The molecule has 22 heavy (non-hydrogen) atoms. The summed E-state index contributed by atoms with van der Waals surface area (Å²) in [6.07, 6.45) is 6.61. The first-order valence-electron chi connectivity index (χ1n) is 8.50. The summed E-state index contributed by atoms with van der Waals surface area (Å²) < 4.78 is 0. The maximum atomic E-state index is 9.33. The van der Waals surface area contributed by atoms with Crippen molar-refractivity contribution in [1.82, 2.24) is 10.6 Å². The Kier molecular flexibility index (Phi) is 8.98. The van der Waals surface area contributed by atoms with E-state index in [4.69, 9.17) is 0 Å². The summed E-state index contributed by atoms with van der Waals surface area (Å²) in [5.74, 6) is 3.32. The first-order chi connectivity index (χ1) is 9.72. The number of rotatable bonds is 0. The molecule has 6 atom stereocenters. The Morgan fingerprint density at radius 2 is 0.909 bits per heavy atom. The van der Waals surface area contributed by atoms with Gasteiger partial charge in [-0.25, -0.2) is 0 Å². The van der Waals surface area contributed by atoms with Crippen LogP contribution in [0.4, 0.5) is 0 Å². The summed E-state index contributed by atoms with van der Waals surface area (Å²) in [4.78, 5) is 0. The molecule has 0 amide bonds. The van der Waals surface area contributed by atoms with Gasteiger partial charge in [-0.1, -0.05) is 0 Å². The number of hydrogen-bond donors (Lipinski definition) is 4. The minimum atomic E-state index is 0. The second-order valence-corrected chi connectivity index (χ2v) is 7.29. The number of hydrogen-bond acceptors (Lipinski definition) is 4. The Bertz CT molecular complexity index is 293. The molecule has 0 aromatic rings. The van der Waals surface area contributed by atoms with Crippen molar-refractivity contribution in [2.24, 2.45) is 23.7 Å². The molecule has 2 heterocycles. The highest BCUT2D eigenvalue weighted by molar-refractivity contribution is 5.85. The highest BCUT2D eigenvalue weighted by Crippen LogP contribution is 2.33. The van der Waals surface area contributed by atoms with Crippen LogP contribution in [0.15, 0.2) is 0 Å². The van der Waals surface area contributed by atoms with E-state index in [2.05, 4.69) is 10.6 Å². The predicted octanol–water partition coefficient (Wildman–Crippen LogP) is 1.58. The summed E-state index contributed by atoms with van der Waals surface area (Å²) in [6, 6.07) is 0. The van der Waals surface area contributed by atoms with Crippen molar-refractivity contribution in [1.29, 1.82) is 0 Å². The summed E-state index contributed by atoms with van der Waals surface area (Å²) in [6.45, 7) is 4.66. The SMILES string of the molecule is Cl.Cl.OC1CC[C@@H]2CNC[C@@H]2C1.OC1CC[C@H]2CNC[C@H]2C1. The van der Waals surface area contributed by atoms with Crippen LogP contribution in [0.2, 0.25) is 0 Å². The Morgan fingerprint density at radius 1 is 0.545 bits per heavy atom. The van der Waals surface area contributed by atoms with Gasteiger partial charge >= 0.3 is 0 Å². The van der Waals surface area contributed by atoms with E-state index in [0.717, 1.165) is 62.4 Å². The van der Waals surface area contributed by atoms with E-state index in [0.29, 0.717) is 0 Å². The van der Waals surface area contributed by atoms with E-state index in [1.165, 1.54) is 25.9 Å². The molecule has 2 saturated carbocycles. The minimum Gasteiger partial charge on any atom is -0.393 e. The zero-order valence-corrected chi connectivity index (χ0v) is 14.9. The van der Waals surface area contributed by atoms with Crippen LogP contribution in [-0.4, -0.2) is 48.6 Å². The molecule has 4 N–H and O–H groups in total. The molecule has 132 valence electrons.